The Morgan fingerprint density at radius 2 is 2.22 bits per heavy atom. The summed E-state index contributed by atoms with van der Waals surface area (Å²) in [6, 6.07) is 5.32. The number of Topliss-reactive ketones (excluding diaryl/α,β-unsaturated/α-hetero) is 1. The normalized spacial score (nSPS) is 12.4. The molecule has 0 saturated carbocycles. The second-order valence-corrected chi connectivity index (χ2v) is 6.73. The van der Waals surface area contributed by atoms with Gasteiger partial charge in [0.2, 0.25) is 0 Å². The minimum atomic E-state index is -0.221. The van der Waals surface area contributed by atoms with Crippen molar-refractivity contribution in [2.24, 2.45) is 0 Å². The number of carbonyl (C=O) groups is 1. The van der Waals surface area contributed by atoms with Crippen molar-refractivity contribution in [3.8, 4) is 0 Å². The van der Waals surface area contributed by atoms with Crippen LogP contribution in [0.15, 0.2) is 29.6 Å². The van der Waals surface area contributed by atoms with E-state index in [1.54, 1.807) is 18.3 Å². The smallest absolute Gasteiger partial charge is 0.188 e. The maximum absolute atomic E-state index is 12.1. The SMILES string of the molecule is Cc1ccnc(SC(C)C(=O)c2ccc(Cl)s2)n1. The van der Waals surface area contributed by atoms with E-state index in [0.717, 1.165) is 5.69 Å². The van der Waals surface area contributed by atoms with Crippen LogP contribution in [0.2, 0.25) is 4.34 Å². The first-order valence-electron chi connectivity index (χ1n) is 5.32. The van der Waals surface area contributed by atoms with E-state index < -0.39 is 0 Å². The van der Waals surface area contributed by atoms with Gasteiger partial charge < -0.3 is 0 Å². The van der Waals surface area contributed by atoms with Crippen LogP contribution in [0, 0.1) is 6.92 Å². The number of halogens is 1. The van der Waals surface area contributed by atoms with Crippen molar-refractivity contribution in [2.45, 2.75) is 24.3 Å². The zero-order valence-electron chi connectivity index (χ0n) is 9.88. The van der Waals surface area contributed by atoms with E-state index in [-0.39, 0.29) is 11.0 Å². The number of ketones is 1. The second kappa shape index (κ2) is 5.82. The highest BCUT2D eigenvalue weighted by molar-refractivity contribution is 8.00. The van der Waals surface area contributed by atoms with Crippen LogP contribution in [0.4, 0.5) is 0 Å². The van der Waals surface area contributed by atoms with Gasteiger partial charge >= 0.3 is 0 Å². The number of thioether (sulfide) groups is 1. The molecule has 0 radical (unpaired) electrons. The number of aryl methyl sites for hydroxylation is 1. The third-order valence-electron chi connectivity index (χ3n) is 2.24. The Morgan fingerprint density at radius 3 is 2.83 bits per heavy atom. The highest BCUT2D eigenvalue weighted by Gasteiger charge is 2.19. The molecule has 2 aromatic rings. The molecule has 0 saturated heterocycles. The fraction of sp³-hybridized carbons (Fsp3) is 0.250. The van der Waals surface area contributed by atoms with Crippen LogP contribution in [0.1, 0.15) is 22.3 Å². The van der Waals surface area contributed by atoms with Gasteiger partial charge in [-0.25, -0.2) is 9.97 Å². The summed E-state index contributed by atoms with van der Waals surface area (Å²) in [5.74, 6) is 0.0574. The number of aromatic nitrogens is 2. The van der Waals surface area contributed by atoms with Crippen molar-refractivity contribution in [2.75, 3.05) is 0 Å². The van der Waals surface area contributed by atoms with Crippen LogP contribution >= 0.6 is 34.7 Å². The van der Waals surface area contributed by atoms with Gasteiger partial charge in [0.15, 0.2) is 10.9 Å². The lowest BCUT2D eigenvalue weighted by Gasteiger charge is -2.07. The molecule has 94 valence electrons. The molecule has 0 spiro atoms. The molecule has 0 amide bonds. The summed E-state index contributed by atoms with van der Waals surface area (Å²) in [5.41, 5.74) is 0.895. The summed E-state index contributed by atoms with van der Waals surface area (Å²) < 4.78 is 0.627. The van der Waals surface area contributed by atoms with E-state index in [0.29, 0.717) is 14.4 Å². The molecule has 2 heterocycles. The molecule has 1 unspecified atom stereocenters. The first kappa shape index (κ1) is 13.5. The predicted molar refractivity (Wildman–Crippen MR) is 75.7 cm³/mol. The molecule has 2 rings (SSSR count). The highest BCUT2D eigenvalue weighted by atomic mass is 35.5. The minimum absolute atomic E-state index is 0.0574. The molecule has 0 aromatic carbocycles. The average molecular weight is 299 g/mol. The van der Waals surface area contributed by atoms with E-state index in [1.165, 1.54) is 23.1 Å². The summed E-state index contributed by atoms with van der Waals surface area (Å²) in [6.07, 6.45) is 1.70. The average Bonchev–Trinajstić information content (AvgIpc) is 2.75. The van der Waals surface area contributed by atoms with Gasteiger partial charge in [-0.2, -0.15) is 0 Å². The molecule has 0 aliphatic heterocycles. The summed E-state index contributed by atoms with van der Waals surface area (Å²) in [4.78, 5) is 21.2. The number of nitrogens with zero attached hydrogens (tertiary/aromatic N) is 2. The topological polar surface area (TPSA) is 42.9 Å². The lowest BCUT2D eigenvalue weighted by Crippen LogP contribution is -2.12. The molecule has 6 heteroatoms. The monoisotopic (exact) mass is 298 g/mol. The van der Waals surface area contributed by atoms with Crippen LogP contribution in [-0.2, 0) is 0 Å². The Balaban J connectivity index is 2.08. The quantitative estimate of drug-likeness (QED) is 0.488. The third kappa shape index (κ3) is 3.31. The molecule has 0 aliphatic carbocycles. The van der Waals surface area contributed by atoms with Crippen molar-refractivity contribution in [3.05, 3.63) is 39.3 Å². The zero-order chi connectivity index (χ0) is 13.1. The Hall–Kier alpha value is -0.910. The highest BCUT2D eigenvalue weighted by Crippen LogP contribution is 2.27. The van der Waals surface area contributed by atoms with Crippen LogP contribution in [0.5, 0.6) is 0 Å². The van der Waals surface area contributed by atoms with Crippen LogP contribution < -0.4 is 0 Å². The van der Waals surface area contributed by atoms with Gasteiger partial charge in [0.1, 0.15) is 0 Å². The predicted octanol–water partition coefficient (Wildman–Crippen LogP) is 3.86. The first-order valence-corrected chi connectivity index (χ1v) is 7.39. The number of hydrogen-bond donors (Lipinski definition) is 0. The zero-order valence-corrected chi connectivity index (χ0v) is 12.3. The van der Waals surface area contributed by atoms with Gasteiger partial charge in [0.05, 0.1) is 14.5 Å². The Kier molecular flexibility index (Phi) is 4.37. The van der Waals surface area contributed by atoms with E-state index in [2.05, 4.69) is 9.97 Å². The fourth-order valence-corrected chi connectivity index (χ4v) is 3.36. The van der Waals surface area contributed by atoms with Gasteiger partial charge in [0, 0.05) is 11.9 Å². The molecule has 3 nitrogen and oxygen atoms in total. The molecule has 1 atom stereocenters. The molecule has 0 aliphatic rings. The largest absolute Gasteiger partial charge is 0.292 e. The standard InChI is InChI=1S/C12H11ClN2OS2/c1-7-5-6-14-12(15-7)17-8(2)11(16)9-3-4-10(13)18-9/h3-6,8H,1-2H3. The van der Waals surface area contributed by atoms with Gasteiger partial charge in [-0.15, -0.1) is 11.3 Å². The van der Waals surface area contributed by atoms with E-state index in [4.69, 9.17) is 11.6 Å². The maximum atomic E-state index is 12.1. The van der Waals surface area contributed by atoms with E-state index >= 15 is 0 Å². The van der Waals surface area contributed by atoms with Gasteiger partial charge in [-0.1, -0.05) is 23.4 Å². The Morgan fingerprint density at radius 1 is 1.44 bits per heavy atom. The van der Waals surface area contributed by atoms with Crippen molar-refractivity contribution in [1.29, 1.82) is 0 Å². The lowest BCUT2D eigenvalue weighted by atomic mass is 10.2. The molecule has 0 fully saturated rings. The fourth-order valence-electron chi connectivity index (χ4n) is 1.34. The molecular weight excluding hydrogens is 288 g/mol. The van der Waals surface area contributed by atoms with Gasteiger partial charge in [-0.3, -0.25) is 4.79 Å². The number of thiophene rings is 1. The van der Waals surface area contributed by atoms with Crippen LogP contribution in [-0.4, -0.2) is 21.0 Å². The maximum Gasteiger partial charge on any atom is 0.188 e. The van der Waals surface area contributed by atoms with Crippen molar-refractivity contribution >= 4 is 40.5 Å². The molecule has 0 bridgehead atoms. The number of carbonyl (C=O) groups excluding carboxylic acids is 1. The van der Waals surface area contributed by atoms with Crippen LogP contribution in [0.25, 0.3) is 0 Å². The first-order chi connectivity index (χ1) is 8.56. The van der Waals surface area contributed by atoms with Crippen LogP contribution in [0.3, 0.4) is 0 Å². The minimum Gasteiger partial charge on any atom is -0.292 e. The second-order valence-electron chi connectivity index (χ2n) is 3.71. The summed E-state index contributed by atoms with van der Waals surface area (Å²) in [5, 5.41) is 0.403. The van der Waals surface area contributed by atoms with Crippen molar-refractivity contribution in [3.63, 3.8) is 0 Å². The summed E-state index contributed by atoms with van der Waals surface area (Å²) in [7, 11) is 0. The number of hydrogen-bond acceptors (Lipinski definition) is 5. The molecular formula is C12H11ClN2OS2. The Labute approximate surface area is 119 Å². The van der Waals surface area contributed by atoms with Crippen molar-refractivity contribution < 1.29 is 4.79 Å². The molecule has 18 heavy (non-hydrogen) atoms. The Bertz CT molecular complexity index is 571. The van der Waals surface area contributed by atoms with Gasteiger partial charge in [-0.05, 0) is 32.0 Å². The number of rotatable bonds is 4. The molecule has 2 aromatic heterocycles. The van der Waals surface area contributed by atoms with Crippen molar-refractivity contribution in [1.82, 2.24) is 9.97 Å². The van der Waals surface area contributed by atoms with Gasteiger partial charge in [0.25, 0.3) is 0 Å². The summed E-state index contributed by atoms with van der Waals surface area (Å²) >= 11 is 8.49. The lowest BCUT2D eigenvalue weighted by molar-refractivity contribution is 0.0997. The summed E-state index contributed by atoms with van der Waals surface area (Å²) in [6.45, 7) is 3.75. The molecule has 0 N–H and O–H groups in total. The van der Waals surface area contributed by atoms with E-state index in [9.17, 15) is 4.79 Å². The third-order valence-corrected chi connectivity index (χ3v) is 4.46. The van der Waals surface area contributed by atoms with E-state index in [1.807, 2.05) is 19.9 Å².